The Morgan fingerprint density at radius 1 is 0.906 bits per heavy atom. The average molecular weight is 429 g/mol. The van der Waals surface area contributed by atoms with Gasteiger partial charge in [0, 0.05) is 43.4 Å². The summed E-state index contributed by atoms with van der Waals surface area (Å²) >= 11 is 0. The zero-order chi connectivity index (χ0) is 22.2. The summed E-state index contributed by atoms with van der Waals surface area (Å²) in [7, 11) is 0. The lowest BCUT2D eigenvalue weighted by Gasteiger charge is -2.30. The van der Waals surface area contributed by atoms with E-state index in [1.165, 1.54) is 6.42 Å². The molecule has 6 nitrogen and oxygen atoms in total. The molecule has 0 saturated carbocycles. The van der Waals surface area contributed by atoms with Crippen LogP contribution < -0.4 is 15.5 Å². The van der Waals surface area contributed by atoms with Crippen molar-refractivity contribution < 1.29 is 9.59 Å². The van der Waals surface area contributed by atoms with E-state index in [9.17, 15) is 9.59 Å². The molecule has 1 saturated heterocycles. The number of hydrogen-bond acceptors (Lipinski definition) is 4. The molecule has 1 aliphatic rings. The quantitative estimate of drug-likeness (QED) is 0.592. The van der Waals surface area contributed by atoms with Gasteiger partial charge >= 0.3 is 0 Å². The van der Waals surface area contributed by atoms with E-state index in [0.717, 1.165) is 42.7 Å². The van der Waals surface area contributed by atoms with E-state index in [1.54, 1.807) is 18.5 Å². The van der Waals surface area contributed by atoms with E-state index in [-0.39, 0.29) is 18.2 Å². The highest BCUT2D eigenvalue weighted by Gasteiger charge is 2.20. The highest BCUT2D eigenvalue weighted by Crippen LogP contribution is 2.27. The van der Waals surface area contributed by atoms with Crippen LogP contribution in [-0.4, -0.2) is 29.9 Å². The normalized spacial score (nSPS) is 13.4. The molecular formula is C26H28N4O2. The van der Waals surface area contributed by atoms with Crippen LogP contribution in [0, 0.1) is 0 Å². The van der Waals surface area contributed by atoms with Crippen LogP contribution in [0.4, 0.5) is 11.4 Å². The molecule has 6 heteroatoms. The number of nitrogens with zero attached hydrogens (tertiary/aromatic N) is 2. The molecule has 0 unspecified atom stereocenters. The predicted molar refractivity (Wildman–Crippen MR) is 127 cm³/mol. The number of hydrogen-bond donors (Lipinski definition) is 2. The summed E-state index contributed by atoms with van der Waals surface area (Å²) < 4.78 is 0. The molecule has 4 rings (SSSR count). The van der Waals surface area contributed by atoms with Crippen molar-refractivity contribution in [3.8, 4) is 0 Å². The Bertz CT molecular complexity index is 1050. The van der Waals surface area contributed by atoms with Crippen LogP contribution in [-0.2, 0) is 17.8 Å². The minimum atomic E-state index is -0.159. The zero-order valence-corrected chi connectivity index (χ0v) is 18.1. The zero-order valence-electron chi connectivity index (χ0n) is 18.1. The molecular weight excluding hydrogens is 400 g/mol. The predicted octanol–water partition coefficient (Wildman–Crippen LogP) is 4.18. The fraction of sp³-hybridized carbons (Fsp3) is 0.269. The average Bonchev–Trinajstić information content (AvgIpc) is 2.84. The lowest BCUT2D eigenvalue weighted by Crippen LogP contribution is -2.32. The first-order chi connectivity index (χ1) is 15.7. The van der Waals surface area contributed by atoms with Crippen LogP contribution in [0.5, 0.6) is 0 Å². The van der Waals surface area contributed by atoms with Crippen LogP contribution in [0.2, 0.25) is 0 Å². The van der Waals surface area contributed by atoms with Gasteiger partial charge in [0.1, 0.15) is 0 Å². The van der Waals surface area contributed by atoms with Gasteiger partial charge < -0.3 is 15.5 Å². The van der Waals surface area contributed by atoms with Crippen molar-refractivity contribution in [1.82, 2.24) is 10.3 Å². The summed E-state index contributed by atoms with van der Waals surface area (Å²) in [5.41, 5.74) is 4.00. The highest BCUT2D eigenvalue weighted by molar-refractivity contribution is 6.02. The van der Waals surface area contributed by atoms with Crippen molar-refractivity contribution in [1.29, 1.82) is 0 Å². The van der Waals surface area contributed by atoms with Crippen molar-refractivity contribution in [2.45, 2.75) is 32.2 Å². The number of benzene rings is 2. The number of carbonyl (C=O) groups is 2. The second-order valence-corrected chi connectivity index (χ2v) is 8.03. The third-order valence-corrected chi connectivity index (χ3v) is 5.61. The van der Waals surface area contributed by atoms with Gasteiger partial charge in [0.25, 0.3) is 5.91 Å². The van der Waals surface area contributed by atoms with E-state index in [0.29, 0.717) is 17.8 Å². The Morgan fingerprint density at radius 3 is 2.44 bits per heavy atom. The van der Waals surface area contributed by atoms with E-state index in [1.807, 2.05) is 54.6 Å². The summed E-state index contributed by atoms with van der Waals surface area (Å²) in [5, 5.41) is 5.94. The van der Waals surface area contributed by atoms with E-state index in [2.05, 4.69) is 20.5 Å². The molecule has 3 aromatic rings. The Labute approximate surface area is 188 Å². The highest BCUT2D eigenvalue weighted by atomic mass is 16.2. The molecule has 0 atom stereocenters. The molecule has 32 heavy (non-hydrogen) atoms. The van der Waals surface area contributed by atoms with Gasteiger partial charge in [-0.3, -0.25) is 14.6 Å². The van der Waals surface area contributed by atoms with Crippen molar-refractivity contribution in [2.24, 2.45) is 0 Å². The van der Waals surface area contributed by atoms with Crippen molar-refractivity contribution >= 4 is 23.2 Å². The molecule has 0 spiro atoms. The smallest absolute Gasteiger partial charge is 0.253 e. The number of amides is 2. The molecule has 1 fully saturated rings. The SMILES string of the molecule is O=C(Cc1ccccc1)Nc1ccc(N2CCCCC2)c(C(=O)NCc2cccnc2)c1. The maximum atomic E-state index is 13.1. The minimum absolute atomic E-state index is 0.108. The van der Waals surface area contributed by atoms with E-state index >= 15 is 0 Å². The van der Waals surface area contributed by atoms with Crippen molar-refractivity contribution in [2.75, 3.05) is 23.3 Å². The number of nitrogens with one attached hydrogen (secondary N) is 2. The second-order valence-electron chi connectivity index (χ2n) is 8.03. The molecule has 0 bridgehead atoms. The van der Waals surface area contributed by atoms with E-state index in [4.69, 9.17) is 0 Å². The van der Waals surface area contributed by atoms with Crippen LogP contribution in [0.3, 0.4) is 0 Å². The van der Waals surface area contributed by atoms with E-state index < -0.39 is 0 Å². The van der Waals surface area contributed by atoms with Crippen LogP contribution in [0.15, 0.2) is 73.1 Å². The maximum absolute atomic E-state index is 13.1. The molecule has 0 radical (unpaired) electrons. The molecule has 2 N–H and O–H groups in total. The van der Waals surface area contributed by atoms with Gasteiger partial charge in [-0.1, -0.05) is 36.4 Å². The fourth-order valence-corrected chi connectivity index (χ4v) is 3.97. The number of carbonyl (C=O) groups excluding carboxylic acids is 2. The van der Waals surface area contributed by atoms with Gasteiger partial charge in [-0.2, -0.15) is 0 Å². The Balaban J connectivity index is 1.52. The Kier molecular flexibility index (Phi) is 7.12. The number of piperidine rings is 1. The summed E-state index contributed by atoms with van der Waals surface area (Å²) in [6.07, 6.45) is 7.19. The lowest BCUT2D eigenvalue weighted by atomic mass is 10.1. The molecule has 0 aliphatic carbocycles. The first-order valence-corrected chi connectivity index (χ1v) is 11.1. The first-order valence-electron chi connectivity index (χ1n) is 11.1. The monoisotopic (exact) mass is 428 g/mol. The van der Waals surface area contributed by atoms with Gasteiger partial charge in [0.05, 0.1) is 12.0 Å². The number of anilines is 2. The number of rotatable bonds is 7. The molecule has 1 aliphatic heterocycles. The molecule has 2 aromatic carbocycles. The fourth-order valence-electron chi connectivity index (χ4n) is 3.97. The van der Waals surface area contributed by atoms with Gasteiger partial charge in [-0.05, 0) is 54.7 Å². The lowest BCUT2D eigenvalue weighted by molar-refractivity contribution is -0.115. The number of pyridine rings is 1. The van der Waals surface area contributed by atoms with Crippen molar-refractivity contribution in [3.05, 3.63) is 89.7 Å². The number of aromatic nitrogens is 1. The maximum Gasteiger partial charge on any atom is 0.253 e. The van der Waals surface area contributed by atoms with Gasteiger partial charge in [-0.25, -0.2) is 0 Å². The topological polar surface area (TPSA) is 74.3 Å². The van der Waals surface area contributed by atoms with Crippen LogP contribution in [0.1, 0.15) is 40.7 Å². The third kappa shape index (κ3) is 5.72. The third-order valence-electron chi connectivity index (χ3n) is 5.61. The summed E-state index contributed by atoms with van der Waals surface area (Å²) in [6.45, 7) is 2.27. The Hall–Kier alpha value is -3.67. The molecule has 1 aromatic heterocycles. The van der Waals surface area contributed by atoms with Gasteiger partial charge in [0.2, 0.25) is 5.91 Å². The second kappa shape index (κ2) is 10.6. The van der Waals surface area contributed by atoms with Crippen LogP contribution in [0.25, 0.3) is 0 Å². The molecule has 2 amide bonds. The molecule has 164 valence electrons. The summed E-state index contributed by atoms with van der Waals surface area (Å²) in [5.74, 6) is -0.266. The van der Waals surface area contributed by atoms with Crippen molar-refractivity contribution in [3.63, 3.8) is 0 Å². The largest absolute Gasteiger partial charge is 0.371 e. The minimum Gasteiger partial charge on any atom is -0.371 e. The first kappa shape index (κ1) is 21.6. The van der Waals surface area contributed by atoms with Crippen LogP contribution >= 0.6 is 0 Å². The summed E-state index contributed by atoms with van der Waals surface area (Å²) in [6, 6.07) is 19.0. The standard InChI is InChI=1S/C26H28N4O2/c31-25(16-20-8-3-1-4-9-20)29-22-11-12-24(30-14-5-2-6-15-30)23(17-22)26(32)28-19-21-10-7-13-27-18-21/h1,3-4,7-13,17-18H,2,5-6,14-16,19H2,(H,28,32)(H,29,31). The summed E-state index contributed by atoms with van der Waals surface area (Å²) in [4.78, 5) is 32.0. The van der Waals surface area contributed by atoms with Gasteiger partial charge in [0.15, 0.2) is 0 Å². The Morgan fingerprint density at radius 2 is 1.69 bits per heavy atom. The van der Waals surface area contributed by atoms with Gasteiger partial charge in [-0.15, -0.1) is 0 Å². The molecule has 2 heterocycles.